The molecule has 0 unspecified atom stereocenters. The number of benzene rings is 1. The zero-order valence-corrected chi connectivity index (χ0v) is 10.4. The Hall–Kier alpha value is -2.02. The van der Waals surface area contributed by atoms with E-state index in [1.807, 2.05) is 0 Å². The molecular weight excluding hydrogens is 254 g/mol. The van der Waals surface area contributed by atoms with Crippen molar-refractivity contribution < 1.29 is 14.6 Å². The molecule has 0 aliphatic carbocycles. The molecule has 1 aromatic carbocycles. The molecule has 0 radical (unpaired) electrons. The Morgan fingerprint density at radius 1 is 1.56 bits per heavy atom. The Labute approximate surface area is 108 Å². The van der Waals surface area contributed by atoms with E-state index in [9.17, 15) is 9.90 Å². The second-order valence-corrected chi connectivity index (χ2v) is 4.38. The molecule has 0 saturated carbocycles. The summed E-state index contributed by atoms with van der Waals surface area (Å²) in [7, 11) is 1.54. The lowest BCUT2D eigenvalue weighted by Crippen LogP contribution is -2.19. The molecular formula is C11H11N3O3S. The van der Waals surface area contributed by atoms with E-state index in [1.54, 1.807) is 12.1 Å². The Kier molecular flexibility index (Phi) is 3.83. The third-order valence-electron chi connectivity index (χ3n) is 2.17. The highest BCUT2D eigenvalue weighted by Crippen LogP contribution is 2.21. The third kappa shape index (κ3) is 3.01. The highest BCUT2D eigenvalue weighted by Gasteiger charge is 2.15. The number of nitrogens with zero attached hydrogens (tertiary/aromatic N) is 2. The average Bonchev–Trinajstić information content (AvgIpc) is 2.77. The maximum Gasteiger partial charge on any atom is 0.236 e. The first kappa shape index (κ1) is 12.4. The molecule has 0 bridgehead atoms. The van der Waals surface area contributed by atoms with Gasteiger partial charge in [-0.15, -0.1) is 5.10 Å². The summed E-state index contributed by atoms with van der Waals surface area (Å²) in [5.74, 6) is 0.977. The van der Waals surface area contributed by atoms with Gasteiger partial charge in [0.05, 0.1) is 19.1 Å². The highest BCUT2D eigenvalue weighted by molar-refractivity contribution is 8.15. The molecule has 1 heterocycles. The molecule has 1 aromatic rings. The van der Waals surface area contributed by atoms with Crippen molar-refractivity contribution >= 4 is 29.1 Å². The number of amides is 1. The Morgan fingerprint density at radius 2 is 2.39 bits per heavy atom. The lowest BCUT2D eigenvalue weighted by molar-refractivity contribution is -0.116. The van der Waals surface area contributed by atoms with Crippen molar-refractivity contribution in [2.75, 3.05) is 12.9 Å². The molecule has 7 heteroatoms. The quantitative estimate of drug-likeness (QED) is 0.629. The molecule has 0 spiro atoms. The fourth-order valence-electron chi connectivity index (χ4n) is 1.29. The first-order valence-electron chi connectivity index (χ1n) is 5.09. The molecule has 0 aromatic heterocycles. The van der Waals surface area contributed by atoms with Crippen LogP contribution in [0, 0.1) is 0 Å². The predicted octanol–water partition coefficient (Wildman–Crippen LogP) is 0.954. The lowest BCUT2D eigenvalue weighted by Gasteiger charge is -2.02. The molecule has 94 valence electrons. The van der Waals surface area contributed by atoms with Gasteiger partial charge in [0.15, 0.2) is 5.17 Å². The van der Waals surface area contributed by atoms with E-state index in [4.69, 9.17) is 4.74 Å². The van der Waals surface area contributed by atoms with Gasteiger partial charge in [0.2, 0.25) is 5.91 Å². The number of carbonyl (C=O) groups is 1. The molecule has 2 N–H and O–H groups in total. The molecule has 1 aliphatic rings. The number of ether oxygens (including phenoxy) is 1. The van der Waals surface area contributed by atoms with Gasteiger partial charge < -0.3 is 15.2 Å². The minimum Gasteiger partial charge on any atom is -0.507 e. The van der Waals surface area contributed by atoms with Crippen LogP contribution in [0.2, 0.25) is 0 Å². The van der Waals surface area contributed by atoms with Crippen LogP contribution in [0.5, 0.6) is 11.5 Å². The standard InChI is InChI=1S/C11H11N3O3S/c1-17-8-2-3-9(15)7(4-8)5-12-14-11-13-10(16)6-18-11/h2-5,15H,6H2,1H3,(H,13,14,16)/b12-5+. The number of methoxy groups -OCH3 is 1. The fourth-order valence-corrected chi connectivity index (χ4v) is 1.92. The minimum absolute atomic E-state index is 0.0850. The summed E-state index contributed by atoms with van der Waals surface area (Å²) in [5, 5.41) is 20.2. The van der Waals surface area contributed by atoms with Gasteiger partial charge in [-0.2, -0.15) is 5.10 Å². The van der Waals surface area contributed by atoms with Crippen LogP contribution >= 0.6 is 11.8 Å². The summed E-state index contributed by atoms with van der Waals surface area (Å²) in [6, 6.07) is 4.80. The topological polar surface area (TPSA) is 83.3 Å². The van der Waals surface area contributed by atoms with Crippen molar-refractivity contribution in [2.45, 2.75) is 0 Å². The van der Waals surface area contributed by atoms with Gasteiger partial charge in [0.1, 0.15) is 11.5 Å². The summed E-state index contributed by atoms with van der Waals surface area (Å²) in [5.41, 5.74) is 0.494. The molecule has 1 saturated heterocycles. The number of amidine groups is 1. The van der Waals surface area contributed by atoms with Crippen molar-refractivity contribution in [3.05, 3.63) is 23.8 Å². The van der Waals surface area contributed by atoms with Crippen LogP contribution in [0.15, 0.2) is 28.4 Å². The van der Waals surface area contributed by atoms with Gasteiger partial charge in [0, 0.05) is 5.56 Å². The van der Waals surface area contributed by atoms with Gasteiger partial charge in [-0.05, 0) is 18.2 Å². The maximum atomic E-state index is 10.9. The average molecular weight is 265 g/mol. The van der Waals surface area contributed by atoms with E-state index in [-0.39, 0.29) is 11.7 Å². The number of rotatable bonds is 3. The van der Waals surface area contributed by atoms with E-state index in [0.29, 0.717) is 22.2 Å². The summed E-state index contributed by atoms with van der Waals surface area (Å²) in [6.07, 6.45) is 1.40. The second kappa shape index (κ2) is 5.54. The Bertz CT molecular complexity index is 528. The summed E-state index contributed by atoms with van der Waals surface area (Å²) < 4.78 is 5.03. The van der Waals surface area contributed by atoms with E-state index in [1.165, 1.54) is 31.2 Å². The van der Waals surface area contributed by atoms with Crippen LogP contribution in [0.3, 0.4) is 0 Å². The number of nitrogens with one attached hydrogen (secondary N) is 1. The molecule has 6 nitrogen and oxygen atoms in total. The monoisotopic (exact) mass is 265 g/mol. The lowest BCUT2D eigenvalue weighted by atomic mass is 10.2. The van der Waals surface area contributed by atoms with Crippen LogP contribution in [0.25, 0.3) is 0 Å². The largest absolute Gasteiger partial charge is 0.507 e. The van der Waals surface area contributed by atoms with Crippen molar-refractivity contribution in [2.24, 2.45) is 10.2 Å². The molecule has 18 heavy (non-hydrogen) atoms. The summed E-state index contributed by atoms with van der Waals surface area (Å²) in [4.78, 5) is 10.9. The van der Waals surface area contributed by atoms with Crippen LogP contribution < -0.4 is 10.1 Å². The number of hydrogen-bond donors (Lipinski definition) is 2. The predicted molar refractivity (Wildman–Crippen MR) is 70.3 cm³/mol. The number of phenols is 1. The molecule has 1 aliphatic heterocycles. The van der Waals surface area contributed by atoms with Crippen molar-refractivity contribution in [3.8, 4) is 11.5 Å². The van der Waals surface area contributed by atoms with Gasteiger partial charge in [-0.25, -0.2) is 0 Å². The van der Waals surface area contributed by atoms with E-state index in [2.05, 4.69) is 15.5 Å². The first-order chi connectivity index (χ1) is 8.69. The van der Waals surface area contributed by atoms with Gasteiger partial charge >= 0.3 is 0 Å². The Morgan fingerprint density at radius 3 is 3.06 bits per heavy atom. The number of aromatic hydroxyl groups is 1. The molecule has 1 amide bonds. The highest BCUT2D eigenvalue weighted by atomic mass is 32.2. The second-order valence-electron chi connectivity index (χ2n) is 3.41. The van der Waals surface area contributed by atoms with E-state index in [0.717, 1.165) is 0 Å². The normalized spacial score (nSPS) is 17.4. The van der Waals surface area contributed by atoms with Gasteiger partial charge in [-0.3, -0.25) is 4.79 Å². The van der Waals surface area contributed by atoms with Crippen LogP contribution in [0.1, 0.15) is 5.56 Å². The van der Waals surface area contributed by atoms with Crippen LogP contribution in [-0.2, 0) is 4.79 Å². The number of hydrogen-bond acceptors (Lipinski definition) is 6. The number of thioether (sulfide) groups is 1. The summed E-state index contributed by atoms with van der Waals surface area (Å²) >= 11 is 1.29. The van der Waals surface area contributed by atoms with Gasteiger partial charge in [0.25, 0.3) is 0 Å². The summed E-state index contributed by atoms with van der Waals surface area (Å²) in [6.45, 7) is 0. The zero-order valence-electron chi connectivity index (χ0n) is 9.58. The van der Waals surface area contributed by atoms with Crippen LogP contribution in [-0.4, -0.2) is 35.3 Å². The SMILES string of the molecule is COc1ccc(O)c(/C=N/N=C2/NC(=O)CS2)c1. The maximum absolute atomic E-state index is 10.9. The molecule has 0 atom stereocenters. The first-order valence-corrected chi connectivity index (χ1v) is 6.08. The third-order valence-corrected chi connectivity index (χ3v) is 3.03. The van der Waals surface area contributed by atoms with Crippen molar-refractivity contribution in [1.82, 2.24) is 5.32 Å². The molecule has 2 rings (SSSR count). The number of carbonyl (C=O) groups excluding carboxylic acids is 1. The van der Waals surface area contributed by atoms with Crippen LogP contribution in [0.4, 0.5) is 0 Å². The van der Waals surface area contributed by atoms with Crippen molar-refractivity contribution in [3.63, 3.8) is 0 Å². The van der Waals surface area contributed by atoms with Crippen molar-refractivity contribution in [1.29, 1.82) is 0 Å². The van der Waals surface area contributed by atoms with Gasteiger partial charge in [-0.1, -0.05) is 11.8 Å². The zero-order chi connectivity index (χ0) is 13.0. The molecule has 1 fully saturated rings. The Balaban J connectivity index is 2.11. The minimum atomic E-state index is -0.0850. The number of phenolic OH excluding ortho intramolecular Hbond substituents is 1. The van der Waals surface area contributed by atoms with E-state index >= 15 is 0 Å². The fraction of sp³-hybridized carbons (Fsp3) is 0.182. The smallest absolute Gasteiger partial charge is 0.236 e. The van der Waals surface area contributed by atoms with E-state index < -0.39 is 0 Å².